The van der Waals surface area contributed by atoms with Crippen LogP contribution < -0.4 is 74.4 Å². The topological polar surface area (TPSA) is 401 Å². The third kappa shape index (κ3) is 49.9. The largest absolute Gasteiger partial charge is 0.469 e. The molecule has 4 heterocycles. The van der Waals surface area contributed by atoms with Crippen LogP contribution in [0.2, 0.25) is 0 Å². The van der Waals surface area contributed by atoms with Gasteiger partial charge in [0.2, 0.25) is 41.4 Å². The van der Waals surface area contributed by atoms with Crippen LogP contribution in [0.15, 0.2) is 0 Å². The van der Waals surface area contributed by atoms with Gasteiger partial charge in [-0.05, 0) is 163 Å². The predicted molar refractivity (Wildman–Crippen MR) is 429 cm³/mol. The van der Waals surface area contributed by atoms with Crippen molar-refractivity contribution in [2.75, 3.05) is 99.8 Å². The van der Waals surface area contributed by atoms with Crippen molar-refractivity contribution in [3.63, 3.8) is 0 Å². The maximum Gasteiger partial charge on any atom is 0.315 e. The van der Waals surface area contributed by atoms with Crippen LogP contribution in [0.25, 0.3) is 0 Å². The second-order valence-corrected chi connectivity index (χ2v) is 30.4. The van der Waals surface area contributed by atoms with Crippen LogP contribution in [-0.2, 0) is 62.2 Å². The van der Waals surface area contributed by atoms with E-state index in [0.29, 0.717) is 114 Å². The number of fused-ring (bicyclic) bond motifs is 2. The molecule has 4 saturated heterocycles. The molecular weight excluding hydrogens is 1430 g/mol. The number of thioether (sulfide) groups is 2. The van der Waals surface area contributed by atoms with Gasteiger partial charge in [0.1, 0.15) is 12.1 Å². The Morgan fingerprint density at radius 2 is 0.676 bits per heavy atom. The Kier molecular flexibility index (Phi) is 61.6. The molecule has 0 saturated carbocycles. The van der Waals surface area contributed by atoms with Crippen molar-refractivity contribution < 1.29 is 71.7 Å². The Bertz CT molecular complexity index is 2520. The zero-order valence-electron chi connectivity index (χ0n) is 67.4. The Balaban J connectivity index is 0.000000847. The lowest BCUT2D eigenvalue weighted by Crippen LogP contribution is -2.47. The molecule has 5 unspecified atom stereocenters. The lowest BCUT2D eigenvalue weighted by Gasteiger charge is -2.18. The van der Waals surface area contributed by atoms with Gasteiger partial charge in [-0.2, -0.15) is 23.5 Å². The average molecular weight is 1570 g/mol. The zero-order valence-corrected chi connectivity index (χ0v) is 69.0. The van der Waals surface area contributed by atoms with Gasteiger partial charge >= 0.3 is 30.0 Å². The van der Waals surface area contributed by atoms with E-state index in [1.807, 2.05) is 58.5 Å². The molecule has 0 aliphatic carbocycles. The van der Waals surface area contributed by atoms with Gasteiger partial charge in [0.15, 0.2) is 0 Å². The number of methoxy groups -OCH3 is 3. The van der Waals surface area contributed by atoms with Crippen molar-refractivity contribution in [1.29, 1.82) is 0 Å². The van der Waals surface area contributed by atoms with Crippen LogP contribution in [0.1, 0.15) is 265 Å². The van der Waals surface area contributed by atoms with E-state index < -0.39 is 12.1 Å². The summed E-state index contributed by atoms with van der Waals surface area (Å²) in [5.41, 5.74) is 0. The molecule has 0 aromatic rings. The Hall–Kier alpha value is -6.18. The predicted octanol–water partition coefficient (Wildman–Crippen LogP) is 7.26. The summed E-state index contributed by atoms with van der Waals surface area (Å²) < 4.78 is 13.8. The van der Waals surface area contributed by atoms with Gasteiger partial charge < -0.3 is 88.6 Å². The first kappa shape index (κ1) is 99.8. The Labute approximate surface area is 655 Å². The number of unbranched alkanes of at least 4 members (excludes halogenated alkanes) is 16. The van der Waals surface area contributed by atoms with Crippen LogP contribution in [0, 0.1) is 0 Å². The van der Waals surface area contributed by atoms with Gasteiger partial charge in [-0.25, -0.2) is 9.59 Å². The summed E-state index contributed by atoms with van der Waals surface area (Å²) in [5.74, 6) is 0.906. The van der Waals surface area contributed by atoms with Gasteiger partial charge in [-0.1, -0.05) is 91.4 Å². The highest BCUT2D eigenvalue weighted by Crippen LogP contribution is 2.34. The zero-order chi connectivity index (χ0) is 79.8. The standard InChI is InChI=1S/C30H54N6O6S.C30H53N5O6S.C15H31N3O3.C2H6/c1-31-18-12-9-13-22(29(40)33-20-11-4-6-17-27(39)42-2)34-26(38)16-5-3-10-19-32-25(37)15-8-7-14-24-28-23(21-43-24)35-30(41)36-28;1-3-4-7-14-22(29(39)32-20-13-6-9-18-27(38)41-2)33-26(37)17-8-5-12-19-31-25(36)16-11-10-15-24-28-23(21-42-24)34-30(40)35-28;1-16-11-8-6-9-13(17-2)15(20)18-12-7-4-5-10-14(19)21-3;1-2/h22-24,28,31H,3-21H2,1-2H3,(H,32,37)(H,33,40)(H,34,38)(H2,35,36,41);22-24,28H,3-21H2,1-2H3,(H,31,36)(H,32,39)(H,33,37)(H2,34,35,40);13,16-17H,4-12H2,1-3H3,(H,18,20);1-2H3/t2*22?,23-,24?,28-;;/m00../s1. The fourth-order valence-electron chi connectivity index (χ4n) is 12.8. The van der Waals surface area contributed by atoms with Crippen molar-refractivity contribution in [3.8, 4) is 0 Å². The van der Waals surface area contributed by atoms with Crippen molar-refractivity contribution in [3.05, 3.63) is 0 Å². The van der Waals surface area contributed by atoms with Gasteiger partial charge in [0.05, 0.1) is 51.5 Å². The lowest BCUT2D eigenvalue weighted by atomic mass is 10.0. The molecule has 14 N–H and O–H groups in total. The molecular formula is C77H144N14O15S2. The number of carbonyl (C=O) groups is 12. The summed E-state index contributed by atoms with van der Waals surface area (Å²) in [6, 6.07) is -0.439. The molecule has 0 radical (unpaired) electrons. The Morgan fingerprint density at radius 3 is 1.02 bits per heavy atom. The van der Waals surface area contributed by atoms with E-state index in [1.165, 1.54) is 21.3 Å². The molecule has 0 bridgehead atoms. The second kappa shape index (κ2) is 66.6. The van der Waals surface area contributed by atoms with E-state index in [1.54, 1.807) is 0 Å². The van der Waals surface area contributed by atoms with E-state index in [9.17, 15) is 57.5 Å². The summed E-state index contributed by atoms with van der Waals surface area (Å²) in [5, 5.41) is 42.6. The maximum absolute atomic E-state index is 12.8. The van der Waals surface area contributed by atoms with Crippen LogP contribution in [-0.4, -0.2) is 224 Å². The second-order valence-electron chi connectivity index (χ2n) is 27.9. The first-order valence-electron chi connectivity index (χ1n) is 40.8. The lowest BCUT2D eigenvalue weighted by molar-refractivity contribution is -0.141. The molecule has 9 atom stereocenters. The van der Waals surface area contributed by atoms with Gasteiger partial charge in [-0.3, -0.25) is 47.9 Å². The van der Waals surface area contributed by atoms with Crippen molar-refractivity contribution in [2.45, 2.75) is 318 Å². The minimum Gasteiger partial charge on any atom is -0.469 e. The minimum atomic E-state index is -0.555. The van der Waals surface area contributed by atoms with E-state index in [2.05, 4.69) is 95.6 Å². The van der Waals surface area contributed by atoms with E-state index >= 15 is 0 Å². The molecule has 0 aromatic heterocycles. The molecule has 29 nitrogen and oxygen atoms in total. The maximum atomic E-state index is 12.8. The normalized spacial score (nSPS) is 17.9. The number of likely N-dealkylation sites (N-methyl/N-ethyl adjacent to an activating group) is 1. The minimum absolute atomic E-state index is 0.0566. The summed E-state index contributed by atoms with van der Waals surface area (Å²) in [6.45, 7) is 10.8. The van der Waals surface area contributed by atoms with E-state index in [0.717, 1.165) is 198 Å². The van der Waals surface area contributed by atoms with E-state index in [-0.39, 0.29) is 102 Å². The smallest absolute Gasteiger partial charge is 0.315 e. The molecule has 4 fully saturated rings. The number of urea groups is 2. The number of ether oxygens (including phenoxy) is 3. The molecule has 31 heteroatoms. The molecule has 624 valence electrons. The number of carbonyl (C=O) groups excluding carboxylic acids is 12. The fourth-order valence-corrected chi connectivity index (χ4v) is 15.8. The fraction of sp³-hybridized carbons (Fsp3) is 0.844. The highest BCUT2D eigenvalue weighted by atomic mass is 32.2. The van der Waals surface area contributed by atoms with Crippen LogP contribution in [0.4, 0.5) is 9.59 Å². The molecule has 0 spiro atoms. The number of esters is 3. The third-order valence-electron chi connectivity index (χ3n) is 19.1. The van der Waals surface area contributed by atoms with Gasteiger partial charge in [-0.15, -0.1) is 0 Å². The quantitative estimate of drug-likeness (QED) is 0.0123. The molecule has 4 rings (SSSR count). The summed E-state index contributed by atoms with van der Waals surface area (Å²) >= 11 is 3.79. The molecule has 0 aromatic carbocycles. The number of nitrogens with one attached hydrogen (secondary N) is 14. The van der Waals surface area contributed by atoms with Gasteiger partial charge in [0.25, 0.3) is 0 Å². The third-order valence-corrected chi connectivity index (χ3v) is 22.1. The van der Waals surface area contributed by atoms with E-state index in [4.69, 9.17) is 0 Å². The monoisotopic (exact) mass is 1570 g/mol. The van der Waals surface area contributed by atoms with Crippen LogP contribution >= 0.6 is 23.5 Å². The first-order valence-corrected chi connectivity index (χ1v) is 42.9. The summed E-state index contributed by atoms with van der Waals surface area (Å²) in [7, 11) is 9.79. The van der Waals surface area contributed by atoms with Crippen molar-refractivity contribution >= 4 is 94.8 Å². The number of hydrogen-bond donors (Lipinski definition) is 14. The average Bonchev–Trinajstić information content (AvgIpc) is 1.68. The first-order chi connectivity index (χ1) is 52.3. The SMILES string of the molecule is CC.CCCCCC(NC(=O)CCCCCNC(=O)CCCCC1SC[C@@H]2NC(=O)N[C@H]12)C(=O)NCCCCCC(=O)OC.CNCCCCC(NC(=O)CCCCCNC(=O)CCCCC1SC[C@@H]2NC(=O)N[C@H]12)C(=O)NCCCCCC(=O)OC.CNCCCCC(NC)C(=O)NCCCCCC(=O)OC. The number of amides is 11. The highest BCUT2D eigenvalue weighted by Gasteiger charge is 2.43. The summed E-state index contributed by atoms with van der Waals surface area (Å²) in [6.07, 6.45) is 29.3. The highest BCUT2D eigenvalue weighted by molar-refractivity contribution is 8.00. The number of rotatable bonds is 60. The molecule has 4 aliphatic heterocycles. The van der Waals surface area contributed by atoms with Crippen LogP contribution in [0.3, 0.4) is 0 Å². The summed E-state index contributed by atoms with van der Waals surface area (Å²) in [4.78, 5) is 143. The molecule has 11 amide bonds. The molecule has 4 aliphatic rings. The molecule has 108 heavy (non-hydrogen) atoms. The number of hydrogen-bond acceptors (Lipinski definition) is 20. The Morgan fingerprint density at radius 1 is 0.370 bits per heavy atom. The van der Waals surface area contributed by atoms with Crippen molar-refractivity contribution in [2.24, 2.45) is 0 Å². The van der Waals surface area contributed by atoms with Crippen molar-refractivity contribution in [1.82, 2.24) is 74.4 Å². The van der Waals surface area contributed by atoms with Gasteiger partial charge in [0, 0.05) is 99.7 Å². The van der Waals surface area contributed by atoms with Crippen LogP contribution in [0.5, 0.6) is 0 Å².